The van der Waals surface area contributed by atoms with Crippen molar-refractivity contribution in [3.63, 3.8) is 0 Å². The lowest BCUT2D eigenvalue weighted by Crippen LogP contribution is -2.24. The number of rotatable bonds is 7. The van der Waals surface area contributed by atoms with Gasteiger partial charge in [-0.2, -0.15) is 9.78 Å². The fourth-order valence-corrected chi connectivity index (χ4v) is 0.440. The molecule has 0 aliphatic rings. The van der Waals surface area contributed by atoms with Crippen molar-refractivity contribution in [2.24, 2.45) is 0 Å². The molecule has 0 heterocycles. The van der Waals surface area contributed by atoms with Crippen LogP contribution < -0.4 is 0 Å². The summed E-state index contributed by atoms with van der Waals surface area (Å²) < 4.78 is 18.6. The van der Waals surface area contributed by atoms with Crippen molar-refractivity contribution in [2.75, 3.05) is 28.4 Å². The van der Waals surface area contributed by atoms with Gasteiger partial charge in [-0.3, -0.25) is 0 Å². The Labute approximate surface area is 71.2 Å². The van der Waals surface area contributed by atoms with Crippen LogP contribution >= 0.6 is 0 Å². The molecular formula is C6H14O6. The molecule has 0 aliphatic heterocycles. The average Bonchev–Trinajstić information content (AvgIpc) is 2.13. The Bertz CT molecular complexity index is 78.0. The molecule has 0 N–H and O–H groups in total. The van der Waals surface area contributed by atoms with Crippen LogP contribution in [0.4, 0.5) is 0 Å². The maximum Gasteiger partial charge on any atom is 0.300 e. The van der Waals surface area contributed by atoms with Crippen molar-refractivity contribution in [2.45, 2.75) is 13.0 Å². The van der Waals surface area contributed by atoms with Gasteiger partial charge in [0.2, 0.25) is 0 Å². The summed E-state index contributed by atoms with van der Waals surface area (Å²) >= 11 is 0. The zero-order valence-electron chi connectivity index (χ0n) is 7.60. The molecule has 12 heavy (non-hydrogen) atoms. The Kier molecular flexibility index (Phi) is 7.26. The summed E-state index contributed by atoms with van der Waals surface area (Å²) in [6.07, 6.45) is 0. The van der Waals surface area contributed by atoms with E-state index in [-0.39, 0.29) is 0 Å². The smallest absolute Gasteiger partial charge is 0.300 e. The van der Waals surface area contributed by atoms with Crippen LogP contribution in [-0.4, -0.2) is 41.4 Å². The van der Waals surface area contributed by atoms with E-state index < -0.39 is 13.0 Å². The molecule has 0 bridgehead atoms. The normalized spacial score (nSPS) is 11.5. The number of methoxy groups -OCH3 is 4. The van der Waals surface area contributed by atoms with Gasteiger partial charge in [0.15, 0.2) is 0 Å². The maximum absolute atomic E-state index is 4.66. The van der Waals surface area contributed by atoms with E-state index in [4.69, 9.17) is 0 Å². The molecule has 0 radical (unpaired) electrons. The largest absolute Gasteiger partial charge is 0.331 e. The summed E-state index contributed by atoms with van der Waals surface area (Å²) in [6.45, 7) is -1.78. The Morgan fingerprint density at radius 2 is 0.833 bits per heavy atom. The fraction of sp³-hybridized carbons (Fsp3) is 1.00. The average molecular weight is 182 g/mol. The second-order valence-corrected chi connectivity index (χ2v) is 1.71. The molecule has 6 nitrogen and oxygen atoms in total. The van der Waals surface area contributed by atoms with Crippen LogP contribution in [0.2, 0.25) is 0 Å². The predicted molar refractivity (Wildman–Crippen MR) is 37.8 cm³/mol. The number of ether oxygens (including phenoxy) is 4. The highest BCUT2D eigenvalue weighted by molar-refractivity contribution is 4.11. The summed E-state index contributed by atoms with van der Waals surface area (Å²) in [6, 6.07) is 0. The molecular weight excluding hydrogens is 168 g/mol. The molecule has 0 unspecified atom stereocenters. The zero-order valence-corrected chi connectivity index (χ0v) is 7.60. The third-order valence-corrected chi connectivity index (χ3v) is 0.982. The molecule has 0 spiro atoms. The lowest BCUT2D eigenvalue weighted by molar-refractivity contribution is -0.507. The zero-order chi connectivity index (χ0) is 9.40. The van der Waals surface area contributed by atoms with Crippen molar-refractivity contribution in [1.29, 1.82) is 0 Å². The number of hydrogen-bond donors (Lipinski definition) is 0. The van der Waals surface area contributed by atoms with Crippen LogP contribution in [0.3, 0.4) is 0 Å². The molecule has 0 saturated heterocycles. The van der Waals surface area contributed by atoms with E-state index in [1.54, 1.807) is 0 Å². The molecule has 0 aromatic rings. The summed E-state index contributed by atoms with van der Waals surface area (Å²) in [7, 11) is 5.64. The molecule has 0 atom stereocenters. The van der Waals surface area contributed by atoms with Crippen molar-refractivity contribution in [3.05, 3.63) is 0 Å². The maximum atomic E-state index is 4.66. The SMILES string of the molecule is COC(OC)OOC(OC)OC. The lowest BCUT2D eigenvalue weighted by atomic mass is 11.2. The monoisotopic (exact) mass is 182 g/mol. The minimum Gasteiger partial charge on any atom is -0.331 e. The Morgan fingerprint density at radius 1 is 0.583 bits per heavy atom. The van der Waals surface area contributed by atoms with Gasteiger partial charge in [0.25, 0.3) is 0 Å². The van der Waals surface area contributed by atoms with Gasteiger partial charge in [-0.25, -0.2) is 0 Å². The predicted octanol–water partition coefficient (Wildman–Crippen LogP) is 0.0874. The minimum atomic E-state index is -0.891. The van der Waals surface area contributed by atoms with Crippen molar-refractivity contribution < 1.29 is 28.7 Å². The van der Waals surface area contributed by atoms with E-state index in [2.05, 4.69) is 28.7 Å². The second-order valence-electron chi connectivity index (χ2n) is 1.71. The van der Waals surface area contributed by atoms with E-state index in [0.29, 0.717) is 0 Å². The Balaban J connectivity index is 3.49. The first-order valence-corrected chi connectivity index (χ1v) is 3.21. The highest BCUT2D eigenvalue weighted by atomic mass is 17.3. The highest BCUT2D eigenvalue weighted by Gasteiger charge is 2.11. The van der Waals surface area contributed by atoms with Gasteiger partial charge in [-0.1, -0.05) is 0 Å². The van der Waals surface area contributed by atoms with Crippen LogP contribution in [0.1, 0.15) is 0 Å². The first kappa shape index (κ1) is 11.8. The Hall–Kier alpha value is -0.240. The lowest BCUT2D eigenvalue weighted by Gasteiger charge is -2.16. The third kappa shape index (κ3) is 4.60. The van der Waals surface area contributed by atoms with Gasteiger partial charge in [0.05, 0.1) is 0 Å². The molecule has 6 heteroatoms. The van der Waals surface area contributed by atoms with Crippen LogP contribution in [0.5, 0.6) is 0 Å². The quantitative estimate of drug-likeness (QED) is 0.316. The van der Waals surface area contributed by atoms with Crippen molar-refractivity contribution in [1.82, 2.24) is 0 Å². The van der Waals surface area contributed by atoms with Gasteiger partial charge in [-0.05, 0) is 0 Å². The summed E-state index contributed by atoms with van der Waals surface area (Å²) in [5.41, 5.74) is 0. The van der Waals surface area contributed by atoms with Crippen LogP contribution in [-0.2, 0) is 28.7 Å². The third-order valence-electron chi connectivity index (χ3n) is 0.982. The van der Waals surface area contributed by atoms with E-state index >= 15 is 0 Å². The first-order chi connectivity index (χ1) is 5.78. The van der Waals surface area contributed by atoms with Crippen LogP contribution in [0.15, 0.2) is 0 Å². The molecule has 0 aromatic carbocycles. The number of hydrogen-bond acceptors (Lipinski definition) is 6. The molecule has 0 amide bonds. The van der Waals surface area contributed by atoms with Crippen molar-refractivity contribution in [3.8, 4) is 0 Å². The highest BCUT2D eigenvalue weighted by Crippen LogP contribution is 2.00. The topological polar surface area (TPSA) is 55.4 Å². The fourth-order valence-electron chi connectivity index (χ4n) is 0.440. The molecule has 0 aliphatic carbocycles. The summed E-state index contributed by atoms with van der Waals surface area (Å²) in [5, 5.41) is 0. The standard InChI is InChI=1S/C6H14O6/c1-7-5(8-2)11-12-6(9-3)10-4/h5-6H,1-4H3. The summed E-state index contributed by atoms with van der Waals surface area (Å²) in [5.74, 6) is 0. The molecule has 0 saturated carbocycles. The van der Waals surface area contributed by atoms with E-state index in [1.165, 1.54) is 28.4 Å². The van der Waals surface area contributed by atoms with Gasteiger partial charge in [-0.15, -0.1) is 0 Å². The molecule has 74 valence electrons. The first-order valence-electron chi connectivity index (χ1n) is 3.21. The Morgan fingerprint density at radius 3 is 1.00 bits per heavy atom. The van der Waals surface area contributed by atoms with E-state index in [1.807, 2.05) is 0 Å². The molecule has 0 aromatic heterocycles. The molecule has 0 rings (SSSR count). The van der Waals surface area contributed by atoms with Gasteiger partial charge in [0, 0.05) is 28.4 Å². The van der Waals surface area contributed by atoms with Crippen LogP contribution in [0.25, 0.3) is 0 Å². The minimum absolute atomic E-state index is 0.891. The van der Waals surface area contributed by atoms with E-state index in [9.17, 15) is 0 Å². The van der Waals surface area contributed by atoms with E-state index in [0.717, 1.165) is 0 Å². The van der Waals surface area contributed by atoms with Crippen LogP contribution in [0, 0.1) is 0 Å². The van der Waals surface area contributed by atoms with Gasteiger partial charge in [0.1, 0.15) is 0 Å². The van der Waals surface area contributed by atoms with Gasteiger partial charge < -0.3 is 18.9 Å². The summed E-state index contributed by atoms with van der Waals surface area (Å²) in [4.78, 5) is 9.18. The second kappa shape index (κ2) is 7.41. The van der Waals surface area contributed by atoms with Gasteiger partial charge >= 0.3 is 13.0 Å². The van der Waals surface area contributed by atoms with Crippen molar-refractivity contribution >= 4 is 0 Å². The molecule has 0 fully saturated rings.